The molecule has 8 heteroatoms. The molecule has 4 heterocycles. The van der Waals surface area contributed by atoms with Gasteiger partial charge in [-0.05, 0) is 40.7 Å². The lowest BCUT2D eigenvalue weighted by Gasteiger charge is -2.36. The maximum Gasteiger partial charge on any atom is 0.159 e. The highest BCUT2D eigenvalue weighted by molar-refractivity contribution is 5.48. The molecular weight excluding hydrogens is 352 g/mol. The van der Waals surface area contributed by atoms with Crippen molar-refractivity contribution in [3.63, 3.8) is 0 Å². The summed E-state index contributed by atoms with van der Waals surface area (Å²) in [7, 11) is 0. The zero-order valence-corrected chi connectivity index (χ0v) is 17.1. The molecule has 146 valence electrons. The van der Waals surface area contributed by atoms with Crippen molar-refractivity contribution in [2.75, 3.05) is 36.0 Å². The largest absolute Gasteiger partial charge is 0.353 e. The lowest BCUT2D eigenvalue weighted by Crippen LogP contribution is -2.47. The first kappa shape index (κ1) is 18.3. The van der Waals surface area contributed by atoms with E-state index in [2.05, 4.69) is 47.0 Å². The zero-order chi connectivity index (χ0) is 19.8. The van der Waals surface area contributed by atoms with Crippen LogP contribution in [0.1, 0.15) is 28.7 Å². The Bertz CT molecular complexity index is 981. The van der Waals surface area contributed by atoms with E-state index in [0.717, 1.165) is 72.4 Å². The lowest BCUT2D eigenvalue weighted by atomic mass is 10.3. The first-order chi connectivity index (χ1) is 13.4. The molecule has 1 saturated heterocycles. The van der Waals surface area contributed by atoms with Crippen LogP contribution in [0.3, 0.4) is 0 Å². The summed E-state index contributed by atoms with van der Waals surface area (Å²) in [6.07, 6.45) is 0. The molecule has 0 spiro atoms. The second kappa shape index (κ2) is 7.18. The number of hydrogen-bond acceptors (Lipinski definition) is 7. The third kappa shape index (κ3) is 3.67. The fourth-order valence-corrected chi connectivity index (χ4v) is 3.69. The summed E-state index contributed by atoms with van der Waals surface area (Å²) in [4.78, 5) is 22.9. The van der Waals surface area contributed by atoms with Gasteiger partial charge in [-0.1, -0.05) is 0 Å². The van der Waals surface area contributed by atoms with Gasteiger partial charge >= 0.3 is 0 Å². The molecule has 0 bridgehead atoms. The van der Waals surface area contributed by atoms with E-state index < -0.39 is 0 Å². The van der Waals surface area contributed by atoms with E-state index in [4.69, 9.17) is 0 Å². The topological polar surface area (TPSA) is 75.9 Å². The number of aryl methyl sites for hydroxylation is 5. The van der Waals surface area contributed by atoms with Crippen molar-refractivity contribution in [3.8, 4) is 5.82 Å². The Balaban J connectivity index is 1.54. The SMILES string of the molecule is Cc1cc(N2CCN(c3cc(-n4nc(C)cc4C)nc(C)n3)CC2)nc(C)n1. The van der Waals surface area contributed by atoms with Gasteiger partial charge in [-0.2, -0.15) is 5.10 Å². The zero-order valence-electron chi connectivity index (χ0n) is 17.1. The fourth-order valence-electron chi connectivity index (χ4n) is 3.69. The lowest BCUT2D eigenvalue weighted by molar-refractivity contribution is 0.636. The van der Waals surface area contributed by atoms with Gasteiger partial charge in [-0.3, -0.25) is 0 Å². The Kier molecular flexibility index (Phi) is 4.70. The van der Waals surface area contributed by atoms with Gasteiger partial charge in [-0.15, -0.1) is 0 Å². The minimum Gasteiger partial charge on any atom is -0.353 e. The van der Waals surface area contributed by atoms with E-state index in [1.165, 1.54) is 0 Å². The summed E-state index contributed by atoms with van der Waals surface area (Å²) in [5, 5.41) is 4.56. The molecule has 8 nitrogen and oxygen atoms in total. The van der Waals surface area contributed by atoms with Crippen molar-refractivity contribution >= 4 is 11.6 Å². The van der Waals surface area contributed by atoms with Crippen LogP contribution in [-0.4, -0.2) is 55.9 Å². The number of rotatable bonds is 3. The van der Waals surface area contributed by atoms with E-state index in [0.29, 0.717) is 0 Å². The summed E-state index contributed by atoms with van der Waals surface area (Å²) >= 11 is 0. The van der Waals surface area contributed by atoms with Crippen LogP contribution in [0.5, 0.6) is 0 Å². The predicted octanol–water partition coefficient (Wildman–Crippen LogP) is 2.32. The summed E-state index contributed by atoms with van der Waals surface area (Å²) in [6.45, 7) is 13.5. The Morgan fingerprint density at radius 1 is 0.607 bits per heavy atom. The van der Waals surface area contributed by atoms with Crippen molar-refractivity contribution in [1.29, 1.82) is 0 Å². The maximum atomic E-state index is 4.68. The van der Waals surface area contributed by atoms with E-state index in [9.17, 15) is 0 Å². The molecule has 4 rings (SSSR count). The Labute approximate surface area is 165 Å². The molecule has 1 aliphatic rings. The smallest absolute Gasteiger partial charge is 0.159 e. The molecule has 0 saturated carbocycles. The molecule has 0 unspecified atom stereocenters. The van der Waals surface area contributed by atoms with Crippen molar-refractivity contribution in [2.45, 2.75) is 34.6 Å². The number of anilines is 2. The molecule has 0 atom stereocenters. The van der Waals surface area contributed by atoms with Crippen LogP contribution in [0.25, 0.3) is 5.82 Å². The first-order valence-electron chi connectivity index (χ1n) is 9.60. The second-order valence-electron chi connectivity index (χ2n) is 7.36. The molecule has 3 aromatic rings. The maximum absolute atomic E-state index is 4.68. The molecule has 0 aromatic carbocycles. The van der Waals surface area contributed by atoms with Gasteiger partial charge in [0.15, 0.2) is 5.82 Å². The molecule has 1 aliphatic heterocycles. The molecule has 0 N–H and O–H groups in total. The highest BCUT2D eigenvalue weighted by atomic mass is 15.3. The van der Waals surface area contributed by atoms with Crippen molar-refractivity contribution in [1.82, 2.24) is 29.7 Å². The first-order valence-corrected chi connectivity index (χ1v) is 9.60. The molecule has 0 radical (unpaired) electrons. The number of hydrogen-bond donors (Lipinski definition) is 0. The third-order valence-electron chi connectivity index (χ3n) is 4.92. The minimum absolute atomic E-state index is 0.754. The van der Waals surface area contributed by atoms with Crippen LogP contribution in [0, 0.1) is 34.6 Å². The van der Waals surface area contributed by atoms with E-state index in [1.807, 2.05) is 45.4 Å². The van der Waals surface area contributed by atoms with Crippen molar-refractivity contribution < 1.29 is 0 Å². The van der Waals surface area contributed by atoms with Crippen molar-refractivity contribution in [3.05, 3.63) is 46.9 Å². The van der Waals surface area contributed by atoms with Gasteiger partial charge in [0.05, 0.1) is 5.69 Å². The average molecular weight is 378 g/mol. The van der Waals surface area contributed by atoms with Crippen LogP contribution >= 0.6 is 0 Å². The van der Waals surface area contributed by atoms with Gasteiger partial charge in [0.25, 0.3) is 0 Å². The van der Waals surface area contributed by atoms with Gasteiger partial charge < -0.3 is 9.80 Å². The molecule has 3 aromatic heterocycles. The Morgan fingerprint density at radius 2 is 1.14 bits per heavy atom. The fraction of sp³-hybridized carbons (Fsp3) is 0.450. The summed E-state index contributed by atoms with van der Waals surface area (Å²) in [6, 6.07) is 6.14. The molecule has 0 amide bonds. The monoisotopic (exact) mass is 378 g/mol. The molecule has 28 heavy (non-hydrogen) atoms. The van der Waals surface area contributed by atoms with Crippen LogP contribution < -0.4 is 9.80 Å². The third-order valence-corrected chi connectivity index (χ3v) is 4.92. The Hall–Kier alpha value is -3.03. The van der Waals surface area contributed by atoms with Crippen LogP contribution in [0.4, 0.5) is 11.6 Å². The van der Waals surface area contributed by atoms with E-state index in [-0.39, 0.29) is 0 Å². The summed E-state index contributed by atoms with van der Waals surface area (Å²) < 4.78 is 1.89. The number of aromatic nitrogens is 6. The van der Waals surface area contributed by atoms with Crippen LogP contribution in [0.2, 0.25) is 0 Å². The Morgan fingerprint density at radius 3 is 1.68 bits per heavy atom. The quantitative estimate of drug-likeness (QED) is 0.692. The molecular formula is C20H26N8. The molecule has 0 aliphatic carbocycles. The van der Waals surface area contributed by atoms with Gasteiger partial charge in [0, 0.05) is 49.7 Å². The number of nitrogens with zero attached hydrogens (tertiary/aromatic N) is 8. The minimum atomic E-state index is 0.754. The van der Waals surface area contributed by atoms with Crippen LogP contribution in [0.15, 0.2) is 18.2 Å². The van der Waals surface area contributed by atoms with E-state index in [1.54, 1.807) is 0 Å². The standard InChI is InChI=1S/C20H26N8/c1-13-11-18(22-16(4)21-13)26-6-8-27(9-7-26)19-12-20(24-17(5)23-19)28-15(3)10-14(2)25-28/h10-12H,6-9H2,1-5H3. The predicted molar refractivity (Wildman–Crippen MR) is 109 cm³/mol. The summed E-state index contributed by atoms with van der Waals surface area (Å²) in [5.74, 6) is 4.34. The van der Waals surface area contributed by atoms with E-state index >= 15 is 0 Å². The highest BCUT2D eigenvalue weighted by Gasteiger charge is 2.21. The van der Waals surface area contributed by atoms with Crippen molar-refractivity contribution in [2.24, 2.45) is 0 Å². The highest BCUT2D eigenvalue weighted by Crippen LogP contribution is 2.21. The second-order valence-corrected chi connectivity index (χ2v) is 7.36. The normalized spacial score (nSPS) is 14.6. The number of piperazine rings is 1. The van der Waals surface area contributed by atoms with Gasteiger partial charge in [-0.25, -0.2) is 24.6 Å². The summed E-state index contributed by atoms with van der Waals surface area (Å²) in [5.41, 5.74) is 3.06. The average Bonchev–Trinajstić information content (AvgIpc) is 2.99. The van der Waals surface area contributed by atoms with Crippen LogP contribution in [-0.2, 0) is 0 Å². The van der Waals surface area contributed by atoms with Gasteiger partial charge in [0.1, 0.15) is 23.3 Å². The molecule has 1 fully saturated rings. The van der Waals surface area contributed by atoms with Gasteiger partial charge in [0.2, 0.25) is 0 Å².